The van der Waals surface area contributed by atoms with Crippen LogP contribution < -0.4 is 10.1 Å². The Hall–Kier alpha value is -3.24. The highest BCUT2D eigenvalue weighted by atomic mass is 16.5. The maximum absolute atomic E-state index is 12.0. The average molecular weight is 455 g/mol. The monoisotopic (exact) mass is 454 g/mol. The summed E-state index contributed by atoms with van der Waals surface area (Å²) in [4.78, 5) is 27.6. The number of imidazole rings is 1. The Morgan fingerprint density at radius 3 is 2.85 bits per heavy atom. The van der Waals surface area contributed by atoms with Gasteiger partial charge in [0.15, 0.2) is 5.82 Å². The zero-order valence-corrected chi connectivity index (χ0v) is 19.3. The van der Waals surface area contributed by atoms with Gasteiger partial charge in [-0.2, -0.15) is 0 Å². The number of rotatable bonds is 9. The summed E-state index contributed by atoms with van der Waals surface area (Å²) in [7, 11) is 1.75. The third-order valence-corrected chi connectivity index (χ3v) is 5.49. The second-order valence-corrected chi connectivity index (χ2v) is 7.92. The molecular weight excluding hydrogens is 424 g/mol. The van der Waals surface area contributed by atoms with Crippen LogP contribution in [0.5, 0.6) is 5.75 Å². The van der Waals surface area contributed by atoms with Crippen molar-refractivity contribution in [3.63, 3.8) is 0 Å². The van der Waals surface area contributed by atoms with Gasteiger partial charge in [-0.3, -0.25) is 4.90 Å². The Bertz CT molecular complexity index is 1110. The Labute approximate surface area is 192 Å². The van der Waals surface area contributed by atoms with Crippen LogP contribution in [0.25, 0.3) is 10.9 Å². The van der Waals surface area contributed by atoms with E-state index in [-0.39, 0.29) is 5.82 Å². The van der Waals surface area contributed by atoms with Gasteiger partial charge >= 0.3 is 5.97 Å². The molecule has 10 heteroatoms. The number of benzene rings is 1. The molecule has 0 radical (unpaired) electrons. The summed E-state index contributed by atoms with van der Waals surface area (Å²) in [6.45, 7) is 9.30. The van der Waals surface area contributed by atoms with Crippen LogP contribution in [-0.4, -0.2) is 76.5 Å². The lowest BCUT2D eigenvalue weighted by Crippen LogP contribution is -2.37. The van der Waals surface area contributed by atoms with Gasteiger partial charge in [0.2, 0.25) is 5.82 Å². The van der Waals surface area contributed by atoms with Crippen LogP contribution in [0.1, 0.15) is 29.5 Å². The van der Waals surface area contributed by atoms with Gasteiger partial charge in [0.1, 0.15) is 17.9 Å². The fourth-order valence-electron chi connectivity index (χ4n) is 3.78. The average Bonchev–Trinajstić information content (AvgIpc) is 3.18. The summed E-state index contributed by atoms with van der Waals surface area (Å²) < 4.78 is 18.1. The second-order valence-electron chi connectivity index (χ2n) is 7.92. The molecule has 10 nitrogen and oxygen atoms in total. The molecule has 1 fully saturated rings. The Balaban J connectivity index is 1.44. The quantitative estimate of drug-likeness (QED) is 0.386. The molecule has 3 aromatic rings. The molecule has 0 aliphatic carbocycles. The predicted molar refractivity (Wildman–Crippen MR) is 124 cm³/mol. The summed E-state index contributed by atoms with van der Waals surface area (Å²) in [6, 6.07) is 3.94. The Morgan fingerprint density at radius 2 is 2.06 bits per heavy atom. The lowest BCUT2D eigenvalue weighted by atomic mass is 10.1. The normalized spacial score (nSPS) is 14.4. The first kappa shape index (κ1) is 22.9. The highest BCUT2D eigenvalue weighted by molar-refractivity contribution is 5.92. The molecule has 0 saturated carbocycles. The maximum Gasteiger partial charge on any atom is 0.374 e. The molecule has 0 atom stereocenters. The van der Waals surface area contributed by atoms with Crippen molar-refractivity contribution < 1.29 is 19.0 Å². The molecule has 176 valence electrons. The van der Waals surface area contributed by atoms with Gasteiger partial charge in [-0.05, 0) is 31.9 Å². The van der Waals surface area contributed by atoms with Gasteiger partial charge < -0.3 is 24.1 Å². The zero-order chi connectivity index (χ0) is 23.2. The van der Waals surface area contributed by atoms with Gasteiger partial charge in [-0.1, -0.05) is 0 Å². The van der Waals surface area contributed by atoms with Gasteiger partial charge in [-0.25, -0.2) is 19.7 Å². The molecule has 1 saturated heterocycles. The van der Waals surface area contributed by atoms with Crippen LogP contribution in [0.2, 0.25) is 0 Å². The smallest absolute Gasteiger partial charge is 0.374 e. The van der Waals surface area contributed by atoms with Crippen molar-refractivity contribution in [1.82, 2.24) is 24.4 Å². The van der Waals surface area contributed by atoms with Crippen molar-refractivity contribution in [1.29, 1.82) is 0 Å². The summed E-state index contributed by atoms with van der Waals surface area (Å²) in [5, 5.41) is 4.04. The highest BCUT2D eigenvalue weighted by Crippen LogP contribution is 2.29. The number of aryl methyl sites for hydroxylation is 2. The number of hydrogen-bond acceptors (Lipinski definition) is 9. The van der Waals surface area contributed by atoms with Crippen LogP contribution in [0.3, 0.4) is 0 Å². The van der Waals surface area contributed by atoms with Gasteiger partial charge in [-0.15, -0.1) is 0 Å². The molecule has 4 rings (SSSR count). The van der Waals surface area contributed by atoms with Crippen molar-refractivity contribution in [3.8, 4) is 5.75 Å². The first-order valence-corrected chi connectivity index (χ1v) is 11.2. The minimum Gasteiger partial charge on any atom is -0.493 e. The number of fused-ring (bicyclic) bond motifs is 1. The summed E-state index contributed by atoms with van der Waals surface area (Å²) in [5.74, 6) is 1.68. The molecule has 1 aromatic carbocycles. The largest absolute Gasteiger partial charge is 0.493 e. The minimum absolute atomic E-state index is 0.224. The number of anilines is 2. The van der Waals surface area contributed by atoms with E-state index in [1.165, 1.54) is 6.33 Å². The van der Waals surface area contributed by atoms with Crippen molar-refractivity contribution >= 4 is 28.5 Å². The molecule has 2 aromatic heterocycles. The number of nitrogens with one attached hydrogen (secondary N) is 1. The van der Waals surface area contributed by atoms with E-state index in [0.717, 1.165) is 61.5 Å². The standard InChI is InChI=1S/C23H30N6O4/c1-4-32-23(30)22-27-20(14-28(22)3)26-21-17-12-16(2)19(13-18(17)24-15-25-21)33-9-5-6-29-7-10-31-11-8-29/h12-15H,4-11H2,1-3H3,(H,24,25,26). The van der Waals surface area contributed by atoms with Crippen LogP contribution in [0.15, 0.2) is 24.7 Å². The number of esters is 1. The molecule has 1 aliphatic rings. The fourth-order valence-corrected chi connectivity index (χ4v) is 3.78. The molecule has 0 bridgehead atoms. The van der Waals surface area contributed by atoms with E-state index < -0.39 is 5.97 Å². The molecule has 0 spiro atoms. The Morgan fingerprint density at radius 1 is 1.24 bits per heavy atom. The van der Waals surface area contributed by atoms with Gasteiger partial charge in [0.05, 0.1) is 31.9 Å². The minimum atomic E-state index is -0.466. The molecule has 0 unspecified atom stereocenters. The van der Waals surface area contributed by atoms with E-state index >= 15 is 0 Å². The van der Waals surface area contributed by atoms with Crippen LogP contribution in [0.4, 0.5) is 11.6 Å². The predicted octanol–water partition coefficient (Wildman–Crippen LogP) is 2.69. The van der Waals surface area contributed by atoms with E-state index in [4.69, 9.17) is 14.2 Å². The van der Waals surface area contributed by atoms with E-state index in [1.54, 1.807) is 24.7 Å². The fraction of sp³-hybridized carbons (Fsp3) is 0.478. The maximum atomic E-state index is 12.0. The molecular formula is C23H30N6O4. The number of nitrogens with zero attached hydrogens (tertiary/aromatic N) is 5. The van der Waals surface area contributed by atoms with Crippen molar-refractivity contribution in [3.05, 3.63) is 36.0 Å². The molecule has 0 amide bonds. The molecule has 3 heterocycles. The van der Waals surface area contributed by atoms with Crippen molar-refractivity contribution in [2.45, 2.75) is 20.3 Å². The molecule has 1 N–H and O–H groups in total. The lowest BCUT2D eigenvalue weighted by Gasteiger charge is -2.26. The summed E-state index contributed by atoms with van der Waals surface area (Å²) in [5.41, 5.74) is 1.77. The number of carbonyl (C=O) groups excluding carboxylic acids is 1. The number of aromatic nitrogens is 4. The number of morpholine rings is 1. The van der Waals surface area contributed by atoms with Crippen molar-refractivity contribution in [2.75, 3.05) is 51.4 Å². The third kappa shape index (κ3) is 5.58. The zero-order valence-electron chi connectivity index (χ0n) is 19.3. The molecule has 1 aliphatic heterocycles. The van der Waals surface area contributed by atoms with Crippen LogP contribution in [-0.2, 0) is 16.5 Å². The summed E-state index contributed by atoms with van der Waals surface area (Å²) in [6.07, 6.45) is 4.17. The van der Waals surface area contributed by atoms with E-state index in [9.17, 15) is 4.79 Å². The van der Waals surface area contributed by atoms with Crippen LogP contribution in [0, 0.1) is 6.92 Å². The first-order chi connectivity index (χ1) is 16.0. The first-order valence-electron chi connectivity index (χ1n) is 11.2. The second kappa shape index (κ2) is 10.6. The van der Waals surface area contributed by atoms with Gasteiger partial charge in [0.25, 0.3) is 0 Å². The van der Waals surface area contributed by atoms with Crippen LogP contribution >= 0.6 is 0 Å². The highest BCUT2D eigenvalue weighted by Gasteiger charge is 2.16. The molecule has 33 heavy (non-hydrogen) atoms. The third-order valence-electron chi connectivity index (χ3n) is 5.49. The Kier molecular flexibility index (Phi) is 7.36. The van der Waals surface area contributed by atoms with E-state index in [2.05, 4.69) is 25.2 Å². The van der Waals surface area contributed by atoms with Crippen molar-refractivity contribution in [2.24, 2.45) is 7.05 Å². The van der Waals surface area contributed by atoms with E-state index in [0.29, 0.717) is 24.8 Å². The number of hydrogen-bond donors (Lipinski definition) is 1. The number of ether oxygens (including phenoxy) is 3. The SMILES string of the molecule is CCOC(=O)c1nc(Nc2ncnc3cc(OCCCN4CCOCC4)c(C)cc23)cn1C. The van der Waals surface area contributed by atoms with Gasteiger partial charge in [0, 0.05) is 44.3 Å². The topological polar surface area (TPSA) is 104 Å². The summed E-state index contributed by atoms with van der Waals surface area (Å²) >= 11 is 0. The number of carbonyl (C=O) groups is 1. The lowest BCUT2D eigenvalue weighted by molar-refractivity contribution is 0.0358. The van der Waals surface area contributed by atoms with E-state index in [1.807, 2.05) is 19.1 Å².